The lowest BCUT2D eigenvalue weighted by Gasteiger charge is -2.05. The number of nitrogen functional groups attached to an aromatic ring is 1. The minimum absolute atomic E-state index is 0.112. The molecule has 3 aromatic heterocycles. The van der Waals surface area contributed by atoms with Crippen molar-refractivity contribution in [3.8, 4) is 0 Å². The lowest BCUT2D eigenvalue weighted by Crippen LogP contribution is -2.29. The molecule has 3 aromatic rings. The summed E-state index contributed by atoms with van der Waals surface area (Å²) in [5, 5.41) is 4.71. The average molecular weight is 273 g/mol. The van der Waals surface area contributed by atoms with E-state index in [1.54, 1.807) is 17.9 Å². The second-order valence-corrected chi connectivity index (χ2v) is 4.27. The number of anilines is 1. The zero-order valence-electron chi connectivity index (χ0n) is 10.6. The van der Waals surface area contributed by atoms with E-state index in [4.69, 9.17) is 5.73 Å². The van der Waals surface area contributed by atoms with Crippen molar-refractivity contribution in [3.63, 3.8) is 0 Å². The number of H-pyrrole nitrogens is 1. The molecule has 20 heavy (non-hydrogen) atoms. The Hall–Kier alpha value is -2.97. The quantitative estimate of drug-likeness (QED) is 0.607. The molecule has 3 rings (SSSR count). The van der Waals surface area contributed by atoms with Gasteiger partial charge in [-0.25, -0.2) is 14.8 Å². The first-order valence-corrected chi connectivity index (χ1v) is 5.78. The van der Waals surface area contributed by atoms with Crippen molar-refractivity contribution in [2.45, 2.75) is 6.54 Å². The van der Waals surface area contributed by atoms with Gasteiger partial charge in [-0.15, -0.1) is 0 Å². The summed E-state index contributed by atoms with van der Waals surface area (Å²) in [6.45, 7) is 0.112. The number of nitrogens with zero attached hydrogens (tertiary/aromatic N) is 5. The number of aromatic nitrogens is 6. The van der Waals surface area contributed by atoms with Crippen LogP contribution in [0.3, 0.4) is 0 Å². The molecule has 9 heteroatoms. The lowest BCUT2D eigenvalue weighted by atomic mass is 10.4. The summed E-state index contributed by atoms with van der Waals surface area (Å²) < 4.78 is 2.87. The Morgan fingerprint density at radius 2 is 2.15 bits per heavy atom. The molecule has 0 fully saturated rings. The van der Waals surface area contributed by atoms with Crippen LogP contribution in [0.5, 0.6) is 0 Å². The molecule has 0 saturated carbocycles. The normalized spacial score (nSPS) is 11.1. The van der Waals surface area contributed by atoms with E-state index in [1.807, 2.05) is 0 Å². The van der Waals surface area contributed by atoms with Crippen molar-refractivity contribution in [1.29, 1.82) is 0 Å². The summed E-state index contributed by atoms with van der Waals surface area (Å²) >= 11 is 0. The van der Waals surface area contributed by atoms with Crippen LogP contribution in [0, 0.1) is 0 Å². The smallest absolute Gasteiger partial charge is 0.328 e. The number of aromatic amines is 1. The third-order valence-electron chi connectivity index (χ3n) is 2.88. The Balaban J connectivity index is 2.08. The second kappa shape index (κ2) is 4.30. The van der Waals surface area contributed by atoms with Gasteiger partial charge >= 0.3 is 5.69 Å². The molecule has 0 aliphatic heterocycles. The van der Waals surface area contributed by atoms with Crippen molar-refractivity contribution in [2.24, 2.45) is 7.05 Å². The van der Waals surface area contributed by atoms with Crippen LogP contribution in [-0.4, -0.2) is 29.3 Å². The van der Waals surface area contributed by atoms with Crippen LogP contribution in [0.1, 0.15) is 5.82 Å². The van der Waals surface area contributed by atoms with Crippen molar-refractivity contribution in [2.75, 3.05) is 5.73 Å². The van der Waals surface area contributed by atoms with Gasteiger partial charge in [0, 0.05) is 19.3 Å². The number of hydrogen-bond donors (Lipinski definition) is 2. The van der Waals surface area contributed by atoms with Gasteiger partial charge in [-0.2, -0.15) is 5.10 Å². The molecule has 0 aliphatic rings. The summed E-state index contributed by atoms with van der Waals surface area (Å²) in [6.07, 6.45) is 2.97. The number of fused-ring (bicyclic) bond motifs is 1. The van der Waals surface area contributed by atoms with Crippen LogP contribution >= 0.6 is 0 Å². The number of nitrogens with two attached hydrogens (primary N) is 1. The van der Waals surface area contributed by atoms with Gasteiger partial charge in [0.1, 0.15) is 5.82 Å². The molecule has 0 unspecified atom stereocenters. The van der Waals surface area contributed by atoms with Crippen LogP contribution in [0.4, 0.5) is 5.82 Å². The zero-order valence-corrected chi connectivity index (χ0v) is 10.6. The maximum atomic E-state index is 11.6. The standard InChI is InChI=1S/C11H11N7O2/c1-17-10-6(4-13-17)9(12)14-7(15-10)5-18-3-2-8(19)16-11(18)20/h2-4H,5H2,1H3,(H2,12,14,15)(H,16,19,20). The summed E-state index contributed by atoms with van der Waals surface area (Å²) in [7, 11) is 1.74. The average Bonchev–Trinajstić information content (AvgIpc) is 2.76. The summed E-state index contributed by atoms with van der Waals surface area (Å²) in [6, 6.07) is 1.26. The predicted molar refractivity (Wildman–Crippen MR) is 71.1 cm³/mol. The summed E-state index contributed by atoms with van der Waals surface area (Å²) in [4.78, 5) is 33.2. The van der Waals surface area contributed by atoms with Gasteiger partial charge < -0.3 is 5.73 Å². The van der Waals surface area contributed by atoms with E-state index >= 15 is 0 Å². The van der Waals surface area contributed by atoms with E-state index in [2.05, 4.69) is 20.1 Å². The monoisotopic (exact) mass is 273 g/mol. The van der Waals surface area contributed by atoms with E-state index in [0.717, 1.165) is 0 Å². The van der Waals surface area contributed by atoms with Crippen LogP contribution < -0.4 is 17.0 Å². The topological polar surface area (TPSA) is 124 Å². The molecular weight excluding hydrogens is 262 g/mol. The maximum Gasteiger partial charge on any atom is 0.328 e. The zero-order chi connectivity index (χ0) is 14.3. The molecule has 0 aliphatic carbocycles. The molecule has 0 aromatic carbocycles. The predicted octanol–water partition coefficient (Wildman–Crippen LogP) is -1.16. The number of hydrogen-bond acceptors (Lipinski definition) is 6. The molecular formula is C11H11N7O2. The molecule has 0 radical (unpaired) electrons. The Kier molecular flexibility index (Phi) is 2.60. The molecule has 9 nitrogen and oxygen atoms in total. The van der Waals surface area contributed by atoms with Gasteiger partial charge in [0.25, 0.3) is 5.56 Å². The molecule has 0 spiro atoms. The Labute approximate surface area is 111 Å². The van der Waals surface area contributed by atoms with E-state index in [1.165, 1.54) is 16.8 Å². The Morgan fingerprint density at radius 3 is 2.90 bits per heavy atom. The lowest BCUT2D eigenvalue weighted by molar-refractivity contribution is 0.685. The number of rotatable bonds is 2. The van der Waals surface area contributed by atoms with E-state index in [-0.39, 0.29) is 6.54 Å². The highest BCUT2D eigenvalue weighted by Gasteiger charge is 2.10. The van der Waals surface area contributed by atoms with E-state index in [9.17, 15) is 9.59 Å². The van der Waals surface area contributed by atoms with Crippen LogP contribution in [0.2, 0.25) is 0 Å². The molecule has 102 valence electrons. The second-order valence-electron chi connectivity index (χ2n) is 4.27. The molecule has 3 heterocycles. The number of aryl methyl sites for hydroxylation is 1. The van der Waals surface area contributed by atoms with Gasteiger partial charge in [0.05, 0.1) is 18.1 Å². The fraction of sp³-hybridized carbons (Fsp3) is 0.182. The first-order chi connectivity index (χ1) is 9.54. The van der Waals surface area contributed by atoms with Gasteiger partial charge in [0.15, 0.2) is 11.5 Å². The molecule has 0 bridgehead atoms. The molecule has 0 amide bonds. The van der Waals surface area contributed by atoms with Crippen LogP contribution in [0.15, 0.2) is 28.0 Å². The fourth-order valence-corrected chi connectivity index (χ4v) is 1.88. The highest BCUT2D eigenvalue weighted by molar-refractivity contribution is 5.84. The minimum Gasteiger partial charge on any atom is -0.383 e. The maximum absolute atomic E-state index is 11.6. The first-order valence-electron chi connectivity index (χ1n) is 5.78. The van der Waals surface area contributed by atoms with Crippen LogP contribution in [0.25, 0.3) is 11.0 Å². The summed E-state index contributed by atoms with van der Waals surface area (Å²) in [5.74, 6) is 0.670. The first kappa shape index (κ1) is 12.1. The third kappa shape index (κ3) is 1.94. The van der Waals surface area contributed by atoms with Crippen molar-refractivity contribution < 1.29 is 0 Å². The highest BCUT2D eigenvalue weighted by atomic mass is 16.2. The van der Waals surface area contributed by atoms with E-state index in [0.29, 0.717) is 22.7 Å². The summed E-state index contributed by atoms with van der Waals surface area (Å²) in [5.41, 5.74) is 5.45. The van der Waals surface area contributed by atoms with Crippen molar-refractivity contribution in [1.82, 2.24) is 29.3 Å². The molecule has 3 N–H and O–H groups in total. The van der Waals surface area contributed by atoms with Gasteiger partial charge in [-0.3, -0.25) is 19.0 Å². The molecule has 0 atom stereocenters. The van der Waals surface area contributed by atoms with E-state index < -0.39 is 11.2 Å². The number of nitrogens with one attached hydrogen (secondary N) is 1. The SMILES string of the molecule is Cn1ncc2c(N)nc(Cn3ccc(=O)[nH]c3=O)nc21. The van der Waals surface area contributed by atoms with Gasteiger partial charge in [-0.1, -0.05) is 0 Å². The van der Waals surface area contributed by atoms with Gasteiger partial charge in [0.2, 0.25) is 0 Å². The van der Waals surface area contributed by atoms with Crippen LogP contribution in [-0.2, 0) is 13.6 Å². The molecule has 0 saturated heterocycles. The van der Waals surface area contributed by atoms with Crippen molar-refractivity contribution in [3.05, 3.63) is 45.1 Å². The largest absolute Gasteiger partial charge is 0.383 e. The Morgan fingerprint density at radius 1 is 1.35 bits per heavy atom. The third-order valence-corrected chi connectivity index (χ3v) is 2.88. The van der Waals surface area contributed by atoms with Gasteiger partial charge in [-0.05, 0) is 0 Å². The highest BCUT2D eigenvalue weighted by Crippen LogP contribution is 2.16. The van der Waals surface area contributed by atoms with Crippen molar-refractivity contribution >= 4 is 16.9 Å². The Bertz CT molecular complexity index is 905. The fourth-order valence-electron chi connectivity index (χ4n) is 1.88. The minimum atomic E-state index is -0.523.